The molecule has 0 amide bonds. The first-order chi connectivity index (χ1) is 10.3. The lowest BCUT2D eigenvalue weighted by Crippen LogP contribution is -2.17. The lowest BCUT2D eigenvalue weighted by Gasteiger charge is -2.18. The molecule has 8 nitrogen and oxygen atoms in total. The van der Waals surface area contributed by atoms with Crippen molar-refractivity contribution in [3.05, 3.63) is 42.1 Å². The van der Waals surface area contributed by atoms with Crippen molar-refractivity contribution in [2.24, 2.45) is 5.84 Å². The standard InChI is InChI=1S/C13H15N7O/c14-19-13-17-11(9-6-15-20-12(9)18-13)16-10(7-21)8-4-2-1-3-5-8/h1-6,10,21H,7,14H2,(H3,15,16,17,18,19,20). The van der Waals surface area contributed by atoms with E-state index in [4.69, 9.17) is 5.84 Å². The van der Waals surface area contributed by atoms with Crippen LogP contribution in [0.25, 0.3) is 11.0 Å². The van der Waals surface area contributed by atoms with Gasteiger partial charge in [0.2, 0.25) is 5.95 Å². The Morgan fingerprint density at radius 3 is 2.76 bits per heavy atom. The molecule has 1 unspecified atom stereocenters. The predicted octanol–water partition coefficient (Wildman–Crippen LogP) is 0.784. The Labute approximate surface area is 120 Å². The highest BCUT2D eigenvalue weighted by Crippen LogP contribution is 2.24. The Morgan fingerprint density at radius 2 is 2.05 bits per heavy atom. The second kappa shape index (κ2) is 5.73. The van der Waals surface area contributed by atoms with Crippen molar-refractivity contribution in [2.75, 3.05) is 17.3 Å². The van der Waals surface area contributed by atoms with Gasteiger partial charge >= 0.3 is 0 Å². The summed E-state index contributed by atoms with van der Waals surface area (Å²) in [5, 5.41) is 20.2. The molecule has 0 aliphatic carbocycles. The number of hydrogen-bond acceptors (Lipinski definition) is 7. The average molecular weight is 285 g/mol. The molecule has 0 bridgehead atoms. The number of aromatic amines is 1. The third-order valence-corrected chi connectivity index (χ3v) is 3.13. The summed E-state index contributed by atoms with van der Waals surface area (Å²) >= 11 is 0. The third kappa shape index (κ3) is 2.62. The van der Waals surface area contributed by atoms with E-state index in [2.05, 4.69) is 30.9 Å². The van der Waals surface area contributed by atoms with Gasteiger partial charge in [0.05, 0.1) is 24.2 Å². The van der Waals surface area contributed by atoms with E-state index in [-0.39, 0.29) is 18.6 Å². The second-order valence-corrected chi connectivity index (χ2v) is 4.46. The number of nitrogen functional groups attached to an aromatic ring is 1. The number of H-pyrrole nitrogens is 1. The molecule has 0 aliphatic heterocycles. The van der Waals surface area contributed by atoms with E-state index in [0.717, 1.165) is 10.9 Å². The van der Waals surface area contributed by atoms with Crippen LogP contribution in [0.1, 0.15) is 11.6 Å². The molecule has 6 N–H and O–H groups in total. The van der Waals surface area contributed by atoms with Gasteiger partial charge in [-0.3, -0.25) is 10.5 Å². The van der Waals surface area contributed by atoms with Gasteiger partial charge in [-0.1, -0.05) is 30.3 Å². The van der Waals surface area contributed by atoms with Crippen LogP contribution in [0.4, 0.5) is 11.8 Å². The Kier molecular flexibility index (Phi) is 3.63. The maximum Gasteiger partial charge on any atom is 0.241 e. The number of hydrogen-bond donors (Lipinski definition) is 5. The van der Waals surface area contributed by atoms with Crippen LogP contribution in [0.3, 0.4) is 0 Å². The highest BCUT2D eigenvalue weighted by molar-refractivity contribution is 5.87. The summed E-state index contributed by atoms with van der Waals surface area (Å²) in [5.74, 6) is 6.18. The largest absolute Gasteiger partial charge is 0.394 e. The SMILES string of the molecule is NNc1nc(NC(CO)c2ccccc2)c2cn[nH]c2n1. The van der Waals surface area contributed by atoms with E-state index in [1.807, 2.05) is 30.3 Å². The van der Waals surface area contributed by atoms with Gasteiger partial charge in [-0.15, -0.1) is 0 Å². The molecule has 3 aromatic rings. The second-order valence-electron chi connectivity index (χ2n) is 4.46. The van der Waals surface area contributed by atoms with Crippen molar-refractivity contribution in [3.63, 3.8) is 0 Å². The molecular formula is C13H15N7O. The van der Waals surface area contributed by atoms with E-state index >= 15 is 0 Å². The Bertz CT molecular complexity index is 728. The Morgan fingerprint density at radius 1 is 1.24 bits per heavy atom. The Balaban J connectivity index is 1.98. The molecule has 2 heterocycles. The van der Waals surface area contributed by atoms with Crippen LogP contribution in [0.2, 0.25) is 0 Å². The number of nitrogens with one attached hydrogen (secondary N) is 3. The summed E-state index contributed by atoms with van der Waals surface area (Å²) < 4.78 is 0. The number of hydrazine groups is 1. The first-order valence-corrected chi connectivity index (χ1v) is 6.42. The molecule has 1 atom stereocenters. The summed E-state index contributed by atoms with van der Waals surface area (Å²) in [7, 11) is 0. The van der Waals surface area contributed by atoms with E-state index in [0.29, 0.717) is 11.5 Å². The molecular weight excluding hydrogens is 270 g/mol. The molecule has 21 heavy (non-hydrogen) atoms. The van der Waals surface area contributed by atoms with Gasteiger partial charge in [0.1, 0.15) is 5.82 Å². The van der Waals surface area contributed by atoms with Gasteiger partial charge < -0.3 is 10.4 Å². The van der Waals surface area contributed by atoms with Crippen molar-refractivity contribution < 1.29 is 5.11 Å². The summed E-state index contributed by atoms with van der Waals surface area (Å²) in [6, 6.07) is 9.34. The van der Waals surface area contributed by atoms with Gasteiger partial charge in [-0.05, 0) is 5.56 Å². The average Bonchev–Trinajstić information content (AvgIpc) is 3.01. The first kappa shape index (κ1) is 13.3. The Hall–Kier alpha value is -2.71. The van der Waals surface area contributed by atoms with Crippen LogP contribution in [-0.4, -0.2) is 31.9 Å². The molecule has 3 rings (SSSR count). The van der Waals surface area contributed by atoms with Gasteiger partial charge in [-0.2, -0.15) is 15.1 Å². The van der Waals surface area contributed by atoms with Crippen molar-refractivity contribution in [3.8, 4) is 0 Å². The van der Waals surface area contributed by atoms with Crippen molar-refractivity contribution >= 4 is 22.8 Å². The number of fused-ring (bicyclic) bond motifs is 1. The highest BCUT2D eigenvalue weighted by atomic mass is 16.3. The molecule has 0 fully saturated rings. The van der Waals surface area contributed by atoms with E-state index in [1.165, 1.54) is 0 Å². The zero-order valence-corrected chi connectivity index (χ0v) is 11.1. The highest BCUT2D eigenvalue weighted by Gasteiger charge is 2.15. The van der Waals surface area contributed by atoms with Crippen molar-refractivity contribution in [1.82, 2.24) is 20.2 Å². The molecule has 0 radical (unpaired) electrons. The number of aliphatic hydroxyl groups is 1. The molecule has 0 saturated carbocycles. The fraction of sp³-hybridized carbons (Fsp3) is 0.154. The third-order valence-electron chi connectivity index (χ3n) is 3.13. The predicted molar refractivity (Wildman–Crippen MR) is 79.4 cm³/mol. The van der Waals surface area contributed by atoms with Gasteiger partial charge in [0.25, 0.3) is 0 Å². The van der Waals surface area contributed by atoms with Crippen LogP contribution in [0, 0.1) is 0 Å². The van der Waals surface area contributed by atoms with E-state index in [1.54, 1.807) is 6.20 Å². The number of nitrogens with two attached hydrogens (primary N) is 1. The monoisotopic (exact) mass is 285 g/mol. The fourth-order valence-electron chi connectivity index (χ4n) is 2.09. The smallest absolute Gasteiger partial charge is 0.241 e. The molecule has 1 aromatic carbocycles. The number of benzene rings is 1. The van der Waals surface area contributed by atoms with Crippen LogP contribution in [-0.2, 0) is 0 Å². The molecule has 0 spiro atoms. The van der Waals surface area contributed by atoms with Crippen LogP contribution in [0.15, 0.2) is 36.5 Å². The maximum atomic E-state index is 9.62. The number of nitrogens with zero attached hydrogens (tertiary/aromatic N) is 3. The quantitative estimate of drug-likeness (QED) is 0.346. The molecule has 0 aliphatic rings. The summed E-state index contributed by atoms with van der Waals surface area (Å²) in [5.41, 5.74) is 3.92. The first-order valence-electron chi connectivity index (χ1n) is 6.42. The molecule has 108 valence electrons. The van der Waals surface area contributed by atoms with Crippen LogP contribution < -0.4 is 16.6 Å². The number of aliphatic hydroxyl groups excluding tert-OH is 1. The number of aromatic nitrogens is 4. The number of anilines is 2. The maximum absolute atomic E-state index is 9.62. The molecule has 0 saturated heterocycles. The lowest BCUT2D eigenvalue weighted by molar-refractivity contribution is 0.276. The van der Waals surface area contributed by atoms with Crippen molar-refractivity contribution in [1.29, 1.82) is 0 Å². The summed E-state index contributed by atoms with van der Waals surface area (Å²) in [4.78, 5) is 8.43. The van der Waals surface area contributed by atoms with Gasteiger partial charge in [-0.25, -0.2) is 5.84 Å². The molecule has 8 heteroatoms. The number of rotatable bonds is 5. The van der Waals surface area contributed by atoms with Gasteiger partial charge in [0, 0.05) is 0 Å². The van der Waals surface area contributed by atoms with Crippen LogP contribution in [0.5, 0.6) is 0 Å². The topological polar surface area (TPSA) is 125 Å². The normalized spacial score (nSPS) is 12.3. The minimum Gasteiger partial charge on any atom is -0.394 e. The minimum absolute atomic E-state index is 0.0707. The summed E-state index contributed by atoms with van der Waals surface area (Å²) in [6.07, 6.45) is 1.62. The van der Waals surface area contributed by atoms with E-state index in [9.17, 15) is 5.11 Å². The summed E-state index contributed by atoms with van der Waals surface area (Å²) in [6.45, 7) is -0.0707. The van der Waals surface area contributed by atoms with E-state index < -0.39 is 0 Å². The zero-order valence-electron chi connectivity index (χ0n) is 11.1. The lowest BCUT2D eigenvalue weighted by atomic mass is 10.1. The molecule has 2 aromatic heterocycles. The zero-order chi connectivity index (χ0) is 14.7. The fourth-order valence-corrected chi connectivity index (χ4v) is 2.09. The minimum atomic E-state index is -0.287. The van der Waals surface area contributed by atoms with Gasteiger partial charge in [0.15, 0.2) is 5.65 Å². The van der Waals surface area contributed by atoms with Crippen molar-refractivity contribution in [2.45, 2.75) is 6.04 Å². The van der Waals surface area contributed by atoms with Crippen LogP contribution >= 0.6 is 0 Å².